The molecule has 1 rings (SSSR count). The number of sulfonamides is 1. The highest BCUT2D eigenvalue weighted by Crippen LogP contribution is 2.26. The summed E-state index contributed by atoms with van der Waals surface area (Å²) in [4.78, 5) is 2.01. The summed E-state index contributed by atoms with van der Waals surface area (Å²) in [5.74, 6) is 1.15. The Morgan fingerprint density at radius 3 is 2.41 bits per heavy atom. The van der Waals surface area contributed by atoms with Crippen molar-refractivity contribution in [2.75, 3.05) is 20.5 Å². The lowest BCUT2D eigenvalue weighted by atomic mass is 10.2. The van der Waals surface area contributed by atoms with Crippen LogP contribution in [0.15, 0.2) is 23.3 Å². The Bertz CT molecular complexity index is 511. The highest BCUT2D eigenvalue weighted by molar-refractivity contribution is 7.88. The molecule has 0 saturated heterocycles. The summed E-state index contributed by atoms with van der Waals surface area (Å²) in [6.07, 6.45) is 2.40. The summed E-state index contributed by atoms with van der Waals surface area (Å²) in [5, 5.41) is 3.58. The van der Waals surface area contributed by atoms with Crippen molar-refractivity contribution in [1.29, 1.82) is 0 Å². The summed E-state index contributed by atoms with van der Waals surface area (Å²) in [7, 11) is -0.267. The minimum absolute atomic E-state index is 0.552. The Labute approximate surface area is 100 Å². The summed E-state index contributed by atoms with van der Waals surface area (Å²) < 4.78 is 31.7. The molecule has 7 heteroatoms. The second-order valence-electron chi connectivity index (χ2n) is 3.24. The number of hydrogen-bond donors (Lipinski definition) is 1. The van der Waals surface area contributed by atoms with Crippen molar-refractivity contribution in [3.8, 4) is 11.5 Å². The molecular weight excluding hydrogens is 244 g/mol. The lowest BCUT2D eigenvalue weighted by Crippen LogP contribution is -2.15. The van der Waals surface area contributed by atoms with Gasteiger partial charge in [0, 0.05) is 0 Å². The highest BCUT2D eigenvalue weighted by Gasteiger charge is 2.03. The molecule has 94 valence electrons. The molecule has 0 spiro atoms. The molecule has 1 aromatic rings. The molecule has 0 bridgehead atoms. The van der Waals surface area contributed by atoms with E-state index in [1.165, 1.54) is 20.4 Å². The number of methoxy groups -OCH3 is 2. The van der Waals surface area contributed by atoms with E-state index in [0.29, 0.717) is 17.1 Å². The molecule has 0 aromatic heterocycles. The third kappa shape index (κ3) is 4.31. The van der Waals surface area contributed by atoms with Crippen molar-refractivity contribution >= 4 is 16.2 Å². The van der Waals surface area contributed by atoms with Crippen molar-refractivity contribution in [3.05, 3.63) is 23.8 Å². The second kappa shape index (κ2) is 5.53. The molecule has 0 saturated carbocycles. The van der Waals surface area contributed by atoms with E-state index in [0.717, 1.165) is 6.26 Å². The first-order chi connectivity index (χ1) is 7.96. The van der Waals surface area contributed by atoms with Gasteiger partial charge in [0.2, 0.25) is 10.0 Å². The molecule has 17 heavy (non-hydrogen) atoms. The van der Waals surface area contributed by atoms with Crippen molar-refractivity contribution in [1.82, 2.24) is 4.83 Å². The number of hydrogen-bond acceptors (Lipinski definition) is 5. The third-order valence-electron chi connectivity index (χ3n) is 1.84. The number of ether oxygens (including phenoxy) is 2. The molecule has 0 unspecified atom stereocenters. The fourth-order valence-corrected chi connectivity index (χ4v) is 1.37. The predicted octanol–water partition coefficient (Wildman–Crippen LogP) is 0.587. The maximum atomic E-state index is 10.8. The topological polar surface area (TPSA) is 77.0 Å². The van der Waals surface area contributed by atoms with Crippen LogP contribution in [0.3, 0.4) is 0 Å². The molecule has 0 aliphatic rings. The Hall–Kier alpha value is -1.76. The molecule has 1 N–H and O–H groups in total. The average Bonchev–Trinajstić information content (AvgIpc) is 2.27. The van der Waals surface area contributed by atoms with E-state index in [1.54, 1.807) is 18.2 Å². The molecule has 0 heterocycles. The predicted molar refractivity (Wildman–Crippen MR) is 65.1 cm³/mol. The zero-order valence-electron chi connectivity index (χ0n) is 9.80. The first kappa shape index (κ1) is 13.3. The van der Waals surface area contributed by atoms with Crippen LogP contribution in [0.4, 0.5) is 0 Å². The van der Waals surface area contributed by atoms with E-state index in [2.05, 4.69) is 5.10 Å². The van der Waals surface area contributed by atoms with Gasteiger partial charge in [-0.2, -0.15) is 5.10 Å². The van der Waals surface area contributed by atoms with Crippen molar-refractivity contribution in [3.63, 3.8) is 0 Å². The molecule has 6 nitrogen and oxygen atoms in total. The number of rotatable bonds is 5. The van der Waals surface area contributed by atoms with Gasteiger partial charge in [0.05, 0.1) is 26.7 Å². The van der Waals surface area contributed by atoms with Crippen LogP contribution in [0, 0.1) is 0 Å². The fraction of sp³-hybridized carbons (Fsp3) is 0.300. The number of nitrogens with zero attached hydrogens (tertiary/aromatic N) is 1. The maximum absolute atomic E-state index is 10.8. The molecule has 0 atom stereocenters. The summed E-state index contributed by atoms with van der Waals surface area (Å²) in [5.41, 5.74) is 0.693. The van der Waals surface area contributed by atoms with Crippen LogP contribution >= 0.6 is 0 Å². The maximum Gasteiger partial charge on any atom is 0.244 e. The summed E-state index contributed by atoms with van der Waals surface area (Å²) in [6, 6.07) is 5.13. The number of nitrogens with one attached hydrogen (secondary N) is 1. The van der Waals surface area contributed by atoms with Crippen molar-refractivity contribution in [2.45, 2.75) is 0 Å². The average molecular weight is 258 g/mol. The van der Waals surface area contributed by atoms with E-state index in [1.807, 2.05) is 4.83 Å². The minimum atomic E-state index is -3.33. The normalized spacial score (nSPS) is 11.5. The van der Waals surface area contributed by atoms with Crippen LogP contribution in [-0.4, -0.2) is 35.1 Å². The van der Waals surface area contributed by atoms with Gasteiger partial charge < -0.3 is 9.47 Å². The van der Waals surface area contributed by atoms with Gasteiger partial charge in [0.15, 0.2) is 11.5 Å². The minimum Gasteiger partial charge on any atom is -0.493 e. The van der Waals surface area contributed by atoms with Gasteiger partial charge in [0.1, 0.15) is 0 Å². The van der Waals surface area contributed by atoms with Crippen LogP contribution in [-0.2, 0) is 10.0 Å². The fourth-order valence-electron chi connectivity index (χ4n) is 1.13. The van der Waals surface area contributed by atoms with E-state index in [-0.39, 0.29) is 0 Å². The van der Waals surface area contributed by atoms with Gasteiger partial charge in [-0.1, -0.05) is 0 Å². The number of hydrazone groups is 1. The third-order valence-corrected chi connectivity index (χ3v) is 2.28. The first-order valence-corrected chi connectivity index (χ1v) is 6.57. The smallest absolute Gasteiger partial charge is 0.244 e. The molecule has 0 radical (unpaired) electrons. The molecule has 0 amide bonds. The van der Waals surface area contributed by atoms with Crippen LogP contribution in [0.2, 0.25) is 0 Å². The van der Waals surface area contributed by atoms with Crippen LogP contribution in [0.1, 0.15) is 5.56 Å². The monoisotopic (exact) mass is 258 g/mol. The van der Waals surface area contributed by atoms with Gasteiger partial charge in [-0.25, -0.2) is 13.2 Å². The van der Waals surface area contributed by atoms with E-state index in [4.69, 9.17) is 9.47 Å². The second-order valence-corrected chi connectivity index (χ2v) is 4.96. The van der Waals surface area contributed by atoms with Gasteiger partial charge in [-0.3, -0.25) is 0 Å². The SMILES string of the molecule is COc1ccc(/C=N\NS(C)(=O)=O)cc1OC. The summed E-state index contributed by atoms with van der Waals surface area (Å²) in [6.45, 7) is 0. The molecule has 0 aliphatic carbocycles. The van der Waals surface area contributed by atoms with Crippen molar-refractivity contribution < 1.29 is 17.9 Å². The van der Waals surface area contributed by atoms with Crippen LogP contribution in [0.25, 0.3) is 0 Å². The Balaban J connectivity index is 2.86. The van der Waals surface area contributed by atoms with Crippen molar-refractivity contribution in [2.24, 2.45) is 5.10 Å². The molecule has 1 aromatic carbocycles. The Morgan fingerprint density at radius 1 is 1.24 bits per heavy atom. The largest absolute Gasteiger partial charge is 0.493 e. The zero-order chi connectivity index (χ0) is 12.9. The number of benzene rings is 1. The lowest BCUT2D eigenvalue weighted by molar-refractivity contribution is 0.355. The summed E-state index contributed by atoms with van der Waals surface area (Å²) >= 11 is 0. The van der Waals surface area contributed by atoms with E-state index < -0.39 is 10.0 Å². The standard InChI is InChI=1S/C10H14N2O4S/c1-15-9-5-4-8(6-10(9)16-2)7-11-12-17(3,13)14/h4-7,12H,1-3H3/b11-7-. The lowest BCUT2D eigenvalue weighted by Gasteiger charge is -2.07. The quantitative estimate of drug-likeness (QED) is 0.619. The van der Waals surface area contributed by atoms with Gasteiger partial charge >= 0.3 is 0 Å². The Kier molecular flexibility index (Phi) is 4.33. The highest BCUT2D eigenvalue weighted by atomic mass is 32.2. The van der Waals surface area contributed by atoms with Gasteiger partial charge in [-0.15, -0.1) is 0 Å². The zero-order valence-corrected chi connectivity index (χ0v) is 10.6. The van der Waals surface area contributed by atoms with E-state index >= 15 is 0 Å². The van der Waals surface area contributed by atoms with Gasteiger partial charge in [0.25, 0.3) is 0 Å². The van der Waals surface area contributed by atoms with Crippen LogP contribution in [0.5, 0.6) is 11.5 Å². The van der Waals surface area contributed by atoms with Gasteiger partial charge in [-0.05, 0) is 23.8 Å². The Morgan fingerprint density at radius 2 is 1.88 bits per heavy atom. The molecule has 0 fully saturated rings. The first-order valence-electron chi connectivity index (χ1n) is 4.68. The van der Waals surface area contributed by atoms with Crippen LogP contribution < -0.4 is 14.3 Å². The van der Waals surface area contributed by atoms with E-state index in [9.17, 15) is 8.42 Å². The molecular formula is C10H14N2O4S. The molecule has 0 aliphatic heterocycles.